The van der Waals surface area contributed by atoms with Crippen LogP contribution in [0.15, 0.2) is 48.8 Å². The second-order valence-electron chi connectivity index (χ2n) is 7.19. The molecule has 1 aromatic carbocycles. The van der Waals surface area contributed by atoms with Gasteiger partial charge in [-0.3, -0.25) is 9.88 Å². The smallest absolute Gasteiger partial charge is 0.145 e. The topological polar surface area (TPSA) is 59.5 Å². The Labute approximate surface area is 150 Å². The van der Waals surface area contributed by atoms with Gasteiger partial charge in [0, 0.05) is 24.5 Å². The molecule has 0 bridgehead atoms. The molecule has 0 aliphatic carbocycles. The molecule has 2 aliphatic heterocycles. The van der Waals surface area contributed by atoms with Crippen molar-refractivity contribution in [2.75, 3.05) is 23.7 Å². The van der Waals surface area contributed by atoms with E-state index in [0.29, 0.717) is 6.54 Å². The molecule has 5 nitrogen and oxygen atoms in total. The lowest BCUT2D eigenvalue weighted by atomic mass is 9.84. The van der Waals surface area contributed by atoms with Crippen molar-refractivity contribution in [3.63, 3.8) is 0 Å². The minimum absolute atomic E-state index is 0.132. The minimum atomic E-state index is -3.30. The third kappa shape index (κ3) is 3.10. The Morgan fingerprint density at radius 1 is 1.28 bits per heavy atom. The van der Waals surface area contributed by atoms with Gasteiger partial charge in [0.05, 0.1) is 12.2 Å². The van der Waals surface area contributed by atoms with Gasteiger partial charge in [0.15, 0.2) is 0 Å². The van der Waals surface area contributed by atoms with Crippen molar-refractivity contribution in [2.24, 2.45) is 0 Å². The molecular formula is C19H23N3O2S. The van der Waals surface area contributed by atoms with E-state index in [9.17, 15) is 8.76 Å². The highest BCUT2D eigenvalue weighted by Crippen LogP contribution is 2.43. The molecule has 6 heteroatoms. The van der Waals surface area contributed by atoms with Crippen LogP contribution < -0.4 is 4.31 Å². The van der Waals surface area contributed by atoms with Crippen LogP contribution in [0.25, 0.3) is 0 Å². The summed E-state index contributed by atoms with van der Waals surface area (Å²) < 4.78 is 26.5. The van der Waals surface area contributed by atoms with Gasteiger partial charge in [-0.25, -0.2) is 0 Å². The minimum Gasteiger partial charge on any atom is -0.593 e. The first kappa shape index (κ1) is 16.7. The van der Waals surface area contributed by atoms with Crippen LogP contribution in [0.1, 0.15) is 24.0 Å². The average Bonchev–Trinajstić information content (AvgIpc) is 2.96. The molecule has 2 aromatic rings. The number of para-hydroxylation sites is 1. The molecule has 0 saturated carbocycles. The van der Waals surface area contributed by atoms with Crippen molar-refractivity contribution in [1.82, 2.24) is 9.88 Å². The normalized spacial score (nSPS) is 25.8. The maximum atomic E-state index is 12.5. The van der Waals surface area contributed by atoms with Crippen LogP contribution in [0, 0.1) is 0 Å². The average molecular weight is 357 g/mol. The third-order valence-electron chi connectivity index (χ3n) is 5.46. The quantitative estimate of drug-likeness (QED) is 0.793. The van der Waals surface area contributed by atoms with Crippen LogP contribution in [0.5, 0.6) is 0 Å². The lowest BCUT2D eigenvalue weighted by Crippen LogP contribution is -2.58. The van der Waals surface area contributed by atoms with Crippen LogP contribution in [0.2, 0.25) is 0 Å². The van der Waals surface area contributed by atoms with Gasteiger partial charge in [0.25, 0.3) is 0 Å². The molecular weight excluding hydrogens is 334 g/mol. The number of benzene rings is 1. The Morgan fingerprint density at radius 3 is 2.88 bits per heavy atom. The summed E-state index contributed by atoms with van der Waals surface area (Å²) >= 11 is 0. The Morgan fingerprint density at radius 2 is 2.12 bits per heavy atom. The molecule has 0 N–H and O–H groups in total. The van der Waals surface area contributed by atoms with E-state index in [0.717, 1.165) is 43.6 Å². The molecule has 1 spiro atoms. The SMILES string of the molecule is C[S+](=O)([O-])N1CC2(CCCN2Cc2cccnc2)Cc2ccccc21. The van der Waals surface area contributed by atoms with Gasteiger partial charge in [0.1, 0.15) is 16.7 Å². The second-order valence-corrected chi connectivity index (χ2v) is 9.09. The summed E-state index contributed by atoms with van der Waals surface area (Å²) in [4.78, 5) is 6.67. The van der Waals surface area contributed by atoms with E-state index in [-0.39, 0.29) is 5.54 Å². The summed E-state index contributed by atoms with van der Waals surface area (Å²) in [5.74, 6) is 0. The number of fused-ring (bicyclic) bond motifs is 1. The highest BCUT2D eigenvalue weighted by atomic mass is 32.3. The Bertz CT molecular complexity index is 807. The number of pyridine rings is 1. The van der Waals surface area contributed by atoms with E-state index in [4.69, 9.17) is 0 Å². The first-order valence-corrected chi connectivity index (χ1v) is 10.5. The van der Waals surface area contributed by atoms with E-state index in [1.54, 1.807) is 10.5 Å². The number of sulfonamides is 1. The number of hydrogen-bond acceptors (Lipinski definition) is 4. The number of rotatable bonds is 3. The van der Waals surface area contributed by atoms with Crippen LogP contribution in [0.3, 0.4) is 0 Å². The van der Waals surface area contributed by atoms with E-state index >= 15 is 0 Å². The molecule has 1 aromatic heterocycles. The zero-order valence-corrected chi connectivity index (χ0v) is 15.2. The van der Waals surface area contributed by atoms with Crippen LogP contribution in [-0.2, 0) is 27.6 Å². The van der Waals surface area contributed by atoms with E-state index in [2.05, 4.69) is 22.0 Å². The monoisotopic (exact) mass is 357 g/mol. The van der Waals surface area contributed by atoms with Crippen molar-refractivity contribution in [3.8, 4) is 0 Å². The summed E-state index contributed by atoms with van der Waals surface area (Å²) in [6, 6.07) is 11.9. The highest BCUT2D eigenvalue weighted by molar-refractivity contribution is 7.98. The van der Waals surface area contributed by atoms with Crippen molar-refractivity contribution in [1.29, 1.82) is 0 Å². The van der Waals surface area contributed by atoms with Crippen LogP contribution in [0.4, 0.5) is 5.69 Å². The number of likely N-dealkylation sites (tertiary alicyclic amines) is 1. The summed E-state index contributed by atoms with van der Waals surface area (Å²) in [6.07, 6.45) is 8.01. The molecule has 25 heavy (non-hydrogen) atoms. The lowest BCUT2D eigenvalue weighted by molar-refractivity contribution is 0.132. The van der Waals surface area contributed by atoms with Gasteiger partial charge in [-0.15, -0.1) is 0 Å². The molecule has 0 radical (unpaired) electrons. The van der Waals surface area contributed by atoms with Crippen molar-refractivity contribution < 1.29 is 8.76 Å². The fourth-order valence-electron chi connectivity index (χ4n) is 4.29. The maximum Gasteiger partial charge on any atom is 0.145 e. The van der Waals surface area contributed by atoms with Crippen LogP contribution in [-0.4, -0.2) is 39.3 Å². The Balaban J connectivity index is 1.70. The molecule has 1 saturated heterocycles. The number of aromatic nitrogens is 1. The molecule has 3 heterocycles. The number of anilines is 1. The van der Waals surface area contributed by atoms with Gasteiger partial charge in [-0.2, -0.15) is 4.31 Å². The second kappa shape index (κ2) is 6.20. The van der Waals surface area contributed by atoms with Gasteiger partial charge < -0.3 is 4.55 Å². The van der Waals surface area contributed by atoms with E-state index in [1.165, 1.54) is 11.8 Å². The molecule has 4 rings (SSSR count). The highest BCUT2D eigenvalue weighted by Gasteiger charge is 2.48. The summed E-state index contributed by atoms with van der Waals surface area (Å²) in [5.41, 5.74) is 3.00. The number of nitrogens with zero attached hydrogens (tertiary/aromatic N) is 3. The summed E-state index contributed by atoms with van der Waals surface area (Å²) in [6.45, 7) is 2.34. The fraction of sp³-hybridized carbons (Fsp3) is 0.421. The summed E-state index contributed by atoms with van der Waals surface area (Å²) in [7, 11) is -3.30. The molecule has 0 amide bonds. The number of hydrogen-bond donors (Lipinski definition) is 0. The van der Waals surface area contributed by atoms with Crippen molar-refractivity contribution >= 4 is 16.1 Å². The van der Waals surface area contributed by atoms with Crippen LogP contribution >= 0.6 is 0 Å². The molecule has 1 fully saturated rings. The zero-order valence-electron chi connectivity index (χ0n) is 14.4. The zero-order chi connectivity index (χ0) is 17.5. The molecule has 2 atom stereocenters. The predicted molar refractivity (Wildman–Crippen MR) is 98.9 cm³/mol. The molecule has 132 valence electrons. The van der Waals surface area contributed by atoms with Gasteiger partial charge in [-0.05, 0) is 49.1 Å². The van der Waals surface area contributed by atoms with Crippen molar-refractivity contribution in [3.05, 3.63) is 59.9 Å². The van der Waals surface area contributed by atoms with E-state index in [1.807, 2.05) is 30.5 Å². The predicted octanol–water partition coefficient (Wildman–Crippen LogP) is 2.65. The largest absolute Gasteiger partial charge is 0.593 e. The third-order valence-corrected chi connectivity index (χ3v) is 6.58. The Kier molecular flexibility index (Phi) is 4.14. The van der Waals surface area contributed by atoms with Crippen molar-refractivity contribution in [2.45, 2.75) is 31.3 Å². The first-order chi connectivity index (χ1) is 12.0. The first-order valence-electron chi connectivity index (χ1n) is 8.68. The maximum absolute atomic E-state index is 12.5. The molecule has 2 aliphatic rings. The molecule has 2 unspecified atom stereocenters. The van der Waals surface area contributed by atoms with Gasteiger partial charge in [-0.1, -0.05) is 28.5 Å². The van der Waals surface area contributed by atoms with Gasteiger partial charge >= 0.3 is 0 Å². The van der Waals surface area contributed by atoms with E-state index < -0.39 is 10.4 Å². The standard InChI is InChI=1S/C19H23N3O2S/c1-25(23,24)22-15-19(12-17-7-2-3-8-18(17)22)9-5-11-21(19)14-16-6-4-10-20-13-16/h2-4,6-8,10,13H,5,9,11-12,14-15H2,1H3. The fourth-order valence-corrected chi connectivity index (χ4v) is 5.30. The van der Waals surface area contributed by atoms with Gasteiger partial charge in [0.2, 0.25) is 0 Å². The Hall–Kier alpha value is -1.76. The lowest BCUT2D eigenvalue weighted by Gasteiger charge is -2.46. The summed E-state index contributed by atoms with van der Waals surface area (Å²) in [5, 5.41) is 0.